The molecule has 0 aliphatic carbocycles. The summed E-state index contributed by atoms with van der Waals surface area (Å²) in [5, 5.41) is 13.8. The molecule has 0 radical (unpaired) electrons. The van der Waals surface area contributed by atoms with Crippen molar-refractivity contribution in [3.05, 3.63) is 88.5 Å². The van der Waals surface area contributed by atoms with Crippen LogP contribution in [0.15, 0.2) is 72.8 Å². The first kappa shape index (κ1) is 17.9. The third-order valence-electron chi connectivity index (χ3n) is 3.75. The zero-order chi connectivity index (χ0) is 19.2. The van der Waals surface area contributed by atoms with E-state index in [-0.39, 0.29) is 11.4 Å². The van der Waals surface area contributed by atoms with Gasteiger partial charge in [-0.2, -0.15) is 0 Å². The highest BCUT2D eigenvalue weighted by atomic mass is 16.6. The minimum absolute atomic E-state index is 0.0930. The van der Waals surface area contributed by atoms with Crippen LogP contribution >= 0.6 is 0 Å². The van der Waals surface area contributed by atoms with Gasteiger partial charge in [0.25, 0.3) is 11.6 Å². The van der Waals surface area contributed by atoms with Gasteiger partial charge < -0.3 is 14.8 Å². The van der Waals surface area contributed by atoms with E-state index in [4.69, 9.17) is 9.47 Å². The maximum absolute atomic E-state index is 12.4. The van der Waals surface area contributed by atoms with E-state index in [1.165, 1.54) is 19.2 Å². The molecule has 7 heteroatoms. The second-order valence-corrected chi connectivity index (χ2v) is 5.53. The van der Waals surface area contributed by atoms with E-state index < -0.39 is 10.8 Å². The number of ether oxygens (including phenoxy) is 2. The second kappa shape index (κ2) is 8.01. The van der Waals surface area contributed by atoms with Crippen LogP contribution < -0.4 is 14.8 Å². The molecule has 136 valence electrons. The first-order chi connectivity index (χ1) is 13.1. The minimum atomic E-state index is -0.574. The fourth-order valence-corrected chi connectivity index (χ4v) is 2.39. The molecule has 27 heavy (non-hydrogen) atoms. The highest BCUT2D eigenvalue weighted by molar-refractivity contribution is 6.05. The van der Waals surface area contributed by atoms with E-state index in [9.17, 15) is 14.9 Å². The van der Waals surface area contributed by atoms with Crippen LogP contribution in [0.3, 0.4) is 0 Å². The van der Waals surface area contributed by atoms with E-state index >= 15 is 0 Å². The SMILES string of the molecule is COc1ccc(NC(=O)c2ccc(Oc3ccccc3)cc2)c([N+](=O)[O-])c1. The van der Waals surface area contributed by atoms with Crippen molar-refractivity contribution in [1.82, 2.24) is 0 Å². The van der Waals surface area contributed by atoms with Crippen molar-refractivity contribution >= 4 is 17.3 Å². The number of carbonyl (C=O) groups excluding carboxylic acids is 1. The van der Waals surface area contributed by atoms with Crippen LogP contribution in [0, 0.1) is 10.1 Å². The van der Waals surface area contributed by atoms with Gasteiger partial charge in [0, 0.05) is 5.56 Å². The molecule has 0 aliphatic heterocycles. The summed E-state index contributed by atoms with van der Waals surface area (Å²) in [5.74, 6) is 1.13. The van der Waals surface area contributed by atoms with E-state index in [1.807, 2.05) is 30.3 Å². The van der Waals surface area contributed by atoms with Gasteiger partial charge in [-0.3, -0.25) is 14.9 Å². The van der Waals surface area contributed by atoms with Crippen molar-refractivity contribution < 1.29 is 19.2 Å². The number of carbonyl (C=O) groups is 1. The Balaban J connectivity index is 1.74. The molecule has 1 N–H and O–H groups in total. The van der Waals surface area contributed by atoms with E-state index in [0.29, 0.717) is 22.8 Å². The maximum Gasteiger partial charge on any atom is 0.296 e. The summed E-state index contributed by atoms with van der Waals surface area (Å²) in [7, 11) is 1.41. The smallest absolute Gasteiger partial charge is 0.296 e. The third kappa shape index (κ3) is 4.40. The van der Waals surface area contributed by atoms with Crippen molar-refractivity contribution in [2.24, 2.45) is 0 Å². The molecule has 0 spiro atoms. The Morgan fingerprint density at radius 3 is 2.19 bits per heavy atom. The minimum Gasteiger partial charge on any atom is -0.496 e. The molecule has 0 saturated carbocycles. The van der Waals surface area contributed by atoms with E-state index in [2.05, 4.69) is 5.32 Å². The van der Waals surface area contributed by atoms with Crippen LogP contribution in [0.2, 0.25) is 0 Å². The van der Waals surface area contributed by atoms with Crippen molar-refractivity contribution in [2.75, 3.05) is 12.4 Å². The number of rotatable bonds is 6. The predicted molar refractivity (Wildman–Crippen MR) is 101 cm³/mol. The molecule has 3 aromatic carbocycles. The van der Waals surface area contributed by atoms with Crippen LogP contribution in [0.4, 0.5) is 11.4 Å². The van der Waals surface area contributed by atoms with Gasteiger partial charge in [-0.15, -0.1) is 0 Å². The number of amides is 1. The van der Waals surface area contributed by atoms with Gasteiger partial charge in [0.2, 0.25) is 0 Å². The Morgan fingerprint density at radius 2 is 1.56 bits per heavy atom. The van der Waals surface area contributed by atoms with Gasteiger partial charge >= 0.3 is 0 Å². The van der Waals surface area contributed by atoms with Gasteiger partial charge in [-0.05, 0) is 48.5 Å². The number of benzene rings is 3. The number of hydrogen-bond donors (Lipinski definition) is 1. The topological polar surface area (TPSA) is 90.7 Å². The maximum atomic E-state index is 12.4. The summed E-state index contributed by atoms with van der Waals surface area (Å²) in [6.07, 6.45) is 0. The fraction of sp³-hybridized carbons (Fsp3) is 0.0500. The molecule has 3 aromatic rings. The van der Waals surface area contributed by atoms with Crippen LogP contribution in [0.5, 0.6) is 17.2 Å². The van der Waals surface area contributed by atoms with Crippen molar-refractivity contribution in [1.29, 1.82) is 0 Å². The van der Waals surface area contributed by atoms with Gasteiger partial charge in [-0.1, -0.05) is 18.2 Å². The highest BCUT2D eigenvalue weighted by Gasteiger charge is 2.18. The van der Waals surface area contributed by atoms with Gasteiger partial charge in [-0.25, -0.2) is 0 Å². The lowest BCUT2D eigenvalue weighted by Gasteiger charge is -2.09. The largest absolute Gasteiger partial charge is 0.496 e. The Labute approximate surface area is 155 Å². The summed E-state index contributed by atoms with van der Waals surface area (Å²) in [5.41, 5.74) is 0.197. The van der Waals surface area contributed by atoms with Gasteiger partial charge in [0.05, 0.1) is 18.1 Å². The summed E-state index contributed by atoms with van der Waals surface area (Å²) >= 11 is 0. The summed E-state index contributed by atoms with van der Waals surface area (Å²) < 4.78 is 10.7. The van der Waals surface area contributed by atoms with Crippen molar-refractivity contribution in [3.63, 3.8) is 0 Å². The summed E-state index contributed by atoms with van der Waals surface area (Å²) in [4.78, 5) is 23.0. The number of nitrogens with one attached hydrogen (secondary N) is 1. The average molecular weight is 364 g/mol. The zero-order valence-corrected chi connectivity index (χ0v) is 14.4. The lowest BCUT2D eigenvalue weighted by Crippen LogP contribution is -2.13. The number of anilines is 1. The molecule has 0 heterocycles. The third-order valence-corrected chi connectivity index (χ3v) is 3.75. The number of hydrogen-bond acceptors (Lipinski definition) is 5. The standard InChI is InChI=1S/C20H16N2O5/c1-26-17-11-12-18(19(13-17)22(24)25)21-20(23)14-7-9-16(10-8-14)27-15-5-3-2-4-6-15/h2-13H,1H3,(H,21,23). The Kier molecular flexibility index (Phi) is 5.32. The Hall–Kier alpha value is -3.87. The highest BCUT2D eigenvalue weighted by Crippen LogP contribution is 2.29. The lowest BCUT2D eigenvalue weighted by atomic mass is 10.2. The normalized spacial score (nSPS) is 10.1. The lowest BCUT2D eigenvalue weighted by molar-refractivity contribution is -0.384. The molecule has 0 bridgehead atoms. The number of methoxy groups -OCH3 is 1. The summed E-state index contributed by atoms with van der Waals surface area (Å²) in [6, 6.07) is 20.0. The van der Waals surface area contributed by atoms with Gasteiger partial charge in [0.15, 0.2) is 0 Å². The summed E-state index contributed by atoms with van der Waals surface area (Å²) in [6.45, 7) is 0. The number of nitro benzene ring substituents is 1. The monoisotopic (exact) mass is 364 g/mol. The zero-order valence-electron chi connectivity index (χ0n) is 14.4. The quantitative estimate of drug-likeness (QED) is 0.508. The Bertz CT molecular complexity index is 956. The van der Waals surface area contributed by atoms with Crippen LogP contribution in [0.1, 0.15) is 10.4 Å². The number of para-hydroxylation sites is 1. The number of nitrogens with zero attached hydrogens (tertiary/aromatic N) is 1. The molecule has 3 rings (SSSR count). The van der Waals surface area contributed by atoms with Crippen LogP contribution in [-0.2, 0) is 0 Å². The molecule has 7 nitrogen and oxygen atoms in total. The van der Waals surface area contributed by atoms with Gasteiger partial charge in [0.1, 0.15) is 22.9 Å². The first-order valence-corrected chi connectivity index (χ1v) is 8.03. The molecular weight excluding hydrogens is 348 g/mol. The van der Waals surface area contributed by atoms with E-state index in [0.717, 1.165) is 0 Å². The molecule has 0 fully saturated rings. The second-order valence-electron chi connectivity index (χ2n) is 5.53. The van der Waals surface area contributed by atoms with Crippen LogP contribution in [-0.4, -0.2) is 17.9 Å². The molecule has 0 saturated heterocycles. The predicted octanol–water partition coefficient (Wildman–Crippen LogP) is 4.65. The molecule has 0 aliphatic rings. The first-order valence-electron chi connectivity index (χ1n) is 8.03. The molecular formula is C20H16N2O5. The number of nitro groups is 1. The van der Waals surface area contributed by atoms with Crippen LogP contribution in [0.25, 0.3) is 0 Å². The molecule has 1 amide bonds. The molecule has 0 aromatic heterocycles. The Morgan fingerprint density at radius 1 is 0.926 bits per heavy atom. The average Bonchev–Trinajstić information content (AvgIpc) is 2.69. The fourth-order valence-electron chi connectivity index (χ4n) is 2.39. The van der Waals surface area contributed by atoms with Crippen molar-refractivity contribution in [3.8, 4) is 17.2 Å². The van der Waals surface area contributed by atoms with Crippen molar-refractivity contribution in [2.45, 2.75) is 0 Å². The molecule has 0 unspecified atom stereocenters. The van der Waals surface area contributed by atoms with E-state index in [1.54, 1.807) is 30.3 Å². The molecule has 0 atom stereocenters.